The summed E-state index contributed by atoms with van der Waals surface area (Å²) in [6.45, 7) is 4.85. The van der Waals surface area contributed by atoms with E-state index in [0.717, 1.165) is 0 Å². The molecule has 3 heterocycles. The molecule has 0 aromatic heterocycles. The Morgan fingerprint density at radius 2 is 1.97 bits per heavy atom. The van der Waals surface area contributed by atoms with E-state index < -0.39 is 17.8 Å². The third-order valence-corrected chi connectivity index (χ3v) is 7.56. The van der Waals surface area contributed by atoms with Gasteiger partial charge in [0.25, 0.3) is 0 Å². The zero-order chi connectivity index (χ0) is 27.2. The van der Waals surface area contributed by atoms with Crippen LogP contribution in [0.15, 0.2) is 51.6 Å². The Morgan fingerprint density at radius 3 is 2.71 bits per heavy atom. The molecule has 38 heavy (non-hydrogen) atoms. The van der Waals surface area contributed by atoms with Gasteiger partial charge < -0.3 is 24.0 Å². The van der Waals surface area contributed by atoms with E-state index in [1.54, 1.807) is 41.8 Å². The maximum Gasteiger partial charge on any atom is 0.338 e. The lowest BCUT2D eigenvalue weighted by Crippen LogP contribution is -2.44. The first-order chi connectivity index (χ1) is 18.3. The van der Waals surface area contributed by atoms with E-state index in [2.05, 4.69) is 4.99 Å². The third kappa shape index (κ3) is 5.94. The zero-order valence-electron chi connectivity index (χ0n) is 21.8. The molecule has 1 aromatic carbocycles. The number of carbonyl (C=O) groups is 3. The molecule has 0 bridgehead atoms. The second kappa shape index (κ2) is 12.6. The summed E-state index contributed by atoms with van der Waals surface area (Å²) in [4.78, 5) is 46.9. The van der Waals surface area contributed by atoms with Crippen molar-refractivity contribution >= 4 is 34.8 Å². The second-order valence-electron chi connectivity index (χ2n) is 9.15. The molecule has 4 rings (SSSR count). The largest absolute Gasteiger partial charge is 0.466 e. The van der Waals surface area contributed by atoms with Gasteiger partial charge in [0, 0.05) is 31.5 Å². The Balaban J connectivity index is 1.60. The van der Waals surface area contributed by atoms with Crippen LogP contribution in [0.2, 0.25) is 0 Å². The quantitative estimate of drug-likeness (QED) is 0.342. The average molecular weight is 546 g/mol. The molecular weight excluding hydrogens is 513 g/mol. The van der Waals surface area contributed by atoms with E-state index in [4.69, 9.17) is 14.2 Å². The fraction of sp³-hybridized carbons (Fsp3) is 0.481. The fourth-order valence-electron chi connectivity index (χ4n) is 4.84. The van der Waals surface area contributed by atoms with Gasteiger partial charge in [0.05, 0.1) is 42.9 Å². The van der Waals surface area contributed by atoms with Crippen LogP contribution in [-0.4, -0.2) is 72.8 Å². The molecule has 1 fully saturated rings. The van der Waals surface area contributed by atoms with Crippen LogP contribution in [0.3, 0.4) is 0 Å². The number of ether oxygens (including phenoxy) is 3. The molecule has 1 saturated heterocycles. The first-order valence-electron chi connectivity index (χ1n) is 12.6. The molecule has 1 amide bonds. The molecule has 0 unspecified atom stereocenters. The summed E-state index contributed by atoms with van der Waals surface area (Å²) in [6.07, 6.45) is 1.40. The zero-order valence-corrected chi connectivity index (χ0v) is 22.6. The minimum Gasteiger partial charge on any atom is -0.466 e. The number of rotatable bonds is 9. The van der Waals surface area contributed by atoms with Crippen molar-refractivity contribution in [2.75, 3.05) is 40.0 Å². The summed E-state index contributed by atoms with van der Waals surface area (Å²) in [5, 5.41) is 2.36. The molecule has 2 atom stereocenters. The first-order valence-corrected chi connectivity index (χ1v) is 13.5. The van der Waals surface area contributed by atoms with Crippen molar-refractivity contribution in [2.24, 2.45) is 10.9 Å². The van der Waals surface area contributed by atoms with Crippen molar-refractivity contribution in [1.29, 1.82) is 0 Å². The molecule has 0 aliphatic carbocycles. The average Bonchev–Trinajstić information content (AvgIpc) is 3.30. The van der Waals surface area contributed by atoms with Gasteiger partial charge in [-0.2, -0.15) is 0 Å². The number of amidine groups is 1. The van der Waals surface area contributed by atoms with Crippen LogP contribution in [0.1, 0.15) is 44.7 Å². The van der Waals surface area contributed by atoms with Crippen molar-refractivity contribution in [3.05, 3.63) is 58.0 Å². The number of esters is 2. The number of carbonyl (C=O) groups excluding carboxylic acids is 3. The minimum absolute atomic E-state index is 0.0115. The number of fused-ring (bicyclic) bond motifs is 1. The number of nitrogens with zero attached hydrogens (tertiary/aromatic N) is 3. The monoisotopic (exact) mass is 545 g/mol. The topological polar surface area (TPSA) is 97.7 Å². The van der Waals surface area contributed by atoms with Crippen LogP contribution < -0.4 is 0 Å². The highest BCUT2D eigenvalue weighted by molar-refractivity contribution is 8.16. The third-order valence-electron chi connectivity index (χ3n) is 6.67. The van der Waals surface area contributed by atoms with Gasteiger partial charge in [0.2, 0.25) is 5.91 Å². The summed E-state index contributed by atoms with van der Waals surface area (Å²) in [7, 11) is 1.50. The number of aliphatic imine (C=N–C) groups is 1. The fourth-order valence-corrected chi connectivity index (χ4v) is 5.80. The predicted molar refractivity (Wildman–Crippen MR) is 140 cm³/mol. The van der Waals surface area contributed by atoms with E-state index in [1.807, 2.05) is 5.41 Å². The molecule has 0 N–H and O–H groups in total. The van der Waals surface area contributed by atoms with Crippen molar-refractivity contribution in [2.45, 2.75) is 39.2 Å². The molecule has 3 aliphatic rings. The Bertz CT molecular complexity index is 1180. The lowest BCUT2D eigenvalue weighted by atomic mass is 9.93. The number of piperidine rings is 1. The van der Waals surface area contributed by atoms with Gasteiger partial charge in [-0.25, -0.2) is 14.2 Å². The van der Waals surface area contributed by atoms with Crippen LogP contribution in [0.5, 0.6) is 0 Å². The van der Waals surface area contributed by atoms with Crippen molar-refractivity contribution < 1.29 is 33.0 Å². The number of methoxy groups -OCH3 is 1. The van der Waals surface area contributed by atoms with Crippen LogP contribution in [0, 0.1) is 11.7 Å². The highest BCUT2D eigenvalue weighted by Gasteiger charge is 2.42. The van der Waals surface area contributed by atoms with Gasteiger partial charge in [-0.15, -0.1) is 0 Å². The highest BCUT2D eigenvalue weighted by atomic mass is 32.2. The molecule has 3 aliphatic heterocycles. The Morgan fingerprint density at radius 1 is 1.18 bits per heavy atom. The minimum atomic E-state index is -0.860. The lowest BCUT2D eigenvalue weighted by molar-refractivity contribution is -0.151. The Hall–Kier alpha value is -3.18. The predicted octanol–water partition coefficient (Wildman–Crippen LogP) is 3.78. The number of amides is 1. The van der Waals surface area contributed by atoms with E-state index in [9.17, 15) is 14.4 Å². The van der Waals surface area contributed by atoms with E-state index in [1.165, 1.54) is 24.9 Å². The number of benzene rings is 1. The van der Waals surface area contributed by atoms with E-state index >= 15 is 4.39 Å². The van der Waals surface area contributed by atoms with Gasteiger partial charge in [-0.1, -0.05) is 30.0 Å². The Labute approximate surface area is 225 Å². The van der Waals surface area contributed by atoms with Gasteiger partial charge in [-0.3, -0.25) is 9.59 Å². The van der Waals surface area contributed by atoms with Crippen LogP contribution >= 0.6 is 11.8 Å². The van der Waals surface area contributed by atoms with E-state index in [0.29, 0.717) is 49.1 Å². The maximum atomic E-state index is 15.2. The van der Waals surface area contributed by atoms with Gasteiger partial charge in [0.15, 0.2) is 5.17 Å². The molecular formula is C27H32FN3O6S. The molecule has 0 radical (unpaired) electrons. The van der Waals surface area contributed by atoms with Gasteiger partial charge in [0.1, 0.15) is 12.4 Å². The summed E-state index contributed by atoms with van der Waals surface area (Å²) >= 11 is 1.32. The van der Waals surface area contributed by atoms with Crippen molar-refractivity contribution in [1.82, 2.24) is 9.80 Å². The first kappa shape index (κ1) is 27.8. The SMILES string of the molecule is CCOC(=O)[C@@H]1CCCN(C(=O)CC2=CSC3=NC(C)=C(C(=O)OCCOC)[C@@H](c4ccccc4F)N23)C1. The van der Waals surface area contributed by atoms with Crippen molar-refractivity contribution in [3.63, 3.8) is 0 Å². The summed E-state index contributed by atoms with van der Waals surface area (Å²) < 4.78 is 30.7. The lowest BCUT2D eigenvalue weighted by Gasteiger charge is -2.37. The van der Waals surface area contributed by atoms with E-state index in [-0.39, 0.29) is 48.6 Å². The second-order valence-corrected chi connectivity index (χ2v) is 9.99. The molecule has 0 spiro atoms. The van der Waals surface area contributed by atoms with Crippen LogP contribution in [0.25, 0.3) is 0 Å². The smallest absolute Gasteiger partial charge is 0.338 e. The van der Waals surface area contributed by atoms with Gasteiger partial charge >= 0.3 is 11.9 Å². The summed E-state index contributed by atoms with van der Waals surface area (Å²) in [6, 6.07) is 5.38. The number of hydrogen-bond acceptors (Lipinski definition) is 9. The number of likely N-dealkylation sites (tertiary alicyclic amines) is 1. The molecule has 204 valence electrons. The van der Waals surface area contributed by atoms with Gasteiger partial charge in [-0.05, 0) is 38.2 Å². The van der Waals surface area contributed by atoms with Crippen LogP contribution in [0.4, 0.5) is 4.39 Å². The molecule has 11 heteroatoms. The summed E-state index contributed by atoms with van der Waals surface area (Å²) in [5.74, 6) is -1.90. The molecule has 1 aromatic rings. The molecule has 9 nitrogen and oxygen atoms in total. The van der Waals surface area contributed by atoms with Crippen molar-refractivity contribution in [3.8, 4) is 0 Å². The molecule has 0 saturated carbocycles. The normalized spacial score (nSPS) is 21.1. The number of allylic oxidation sites excluding steroid dienone is 1. The highest BCUT2D eigenvalue weighted by Crippen LogP contribution is 2.45. The number of hydrogen-bond donors (Lipinski definition) is 0. The summed E-state index contributed by atoms with van der Waals surface area (Å²) in [5.41, 5.74) is 1.50. The standard InChI is InChI=1S/C27H32FN3O6S/c1-4-36-25(33)18-8-7-11-30(15-18)22(32)14-19-16-38-27-29-17(2)23(26(34)37-13-12-35-3)24(31(19)27)20-9-5-6-10-21(20)28/h5-6,9-10,16,18,24H,4,7-8,11-15H2,1-3H3/t18-,24-/m1/s1. The maximum absolute atomic E-state index is 15.2. The Kier molecular flexibility index (Phi) is 9.22. The number of thioether (sulfide) groups is 1. The number of halogens is 1. The van der Waals surface area contributed by atoms with Crippen LogP contribution in [-0.2, 0) is 28.6 Å².